The lowest BCUT2D eigenvalue weighted by Crippen LogP contribution is -2.53. The van der Waals surface area contributed by atoms with Crippen LogP contribution in [0.25, 0.3) is 0 Å². The SMILES string of the molecule is CCCC[C@H](COC(=O)N(Cc1cccs1)Cc1cccs1)N(C(=O)O)C(C)(C)C. The molecule has 1 N–H and O–H groups in total. The predicted molar refractivity (Wildman–Crippen MR) is 122 cm³/mol. The van der Waals surface area contributed by atoms with Crippen LogP contribution in [-0.2, 0) is 17.8 Å². The fourth-order valence-electron chi connectivity index (χ4n) is 3.34. The zero-order valence-corrected chi connectivity index (χ0v) is 19.8. The van der Waals surface area contributed by atoms with Crippen LogP contribution < -0.4 is 0 Å². The molecule has 2 heterocycles. The summed E-state index contributed by atoms with van der Waals surface area (Å²) >= 11 is 3.19. The number of hydrogen-bond acceptors (Lipinski definition) is 5. The molecule has 2 amide bonds. The average molecular weight is 453 g/mol. The van der Waals surface area contributed by atoms with Crippen LogP contribution in [0.5, 0.6) is 0 Å². The summed E-state index contributed by atoms with van der Waals surface area (Å²) in [5, 5.41) is 13.7. The van der Waals surface area contributed by atoms with Crippen LogP contribution in [0, 0.1) is 0 Å². The lowest BCUT2D eigenvalue weighted by atomic mass is 10.0. The van der Waals surface area contributed by atoms with E-state index in [2.05, 4.69) is 6.92 Å². The first-order valence-electron chi connectivity index (χ1n) is 10.2. The van der Waals surface area contributed by atoms with E-state index in [-0.39, 0.29) is 12.6 Å². The van der Waals surface area contributed by atoms with Gasteiger partial charge in [0.15, 0.2) is 0 Å². The molecular weight excluding hydrogens is 420 g/mol. The van der Waals surface area contributed by atoms with Crippen LogP contribution in [0.3, 0.4) is 0 Å². The van der Waals surface area contributed by atoms with Gasteiger partial charge in [0.25, 0.3) is 0 Å². The van der Waals surface area contributed by atoms with Gasteiger partial charge < -0.3 is 9.84 Å². The van der Waals surface area contributed by atoms with Crippen LogP contribution in [-0.4, -0.2) is 45.3 Å². The minimum Gasteiger partial charge on any atom is -0.465 e. The Bertz CT molecular complexity index is 733. The predicted octanol–water partition coefficient (Wildman–Crippen LogP) is 6.29. The highest BCUT2D eigenvalue weighted by atomic mass is 32.1. The largest absolute Gasteiger partial charge is 0.465 e. The Hall–Kier alpha value is -2.06. The summed E-state index contributed by atoms with van der Waals surface area (Å²) in [6.07, 6.45) is 1.07. The summed E-state index contributed by atoms with van der Waals surface area (Å²) in [7, 11) is 0. The van der Waals surface area contributed by atoms with Crippen LogP contribution in [0.1, 0.15) is 56.7 Å². The number of amides is 2. The summed E-state index contributed by atoms with van der Waals surface area (Å²) in [5.74, 6) is 0. The normalized spacial score (nSPS) is 12.4. The molecule has 1 atom stereocenters. The molecule has 0 fully saturated rings. The molecule has 0 saturated heterocycles. The van der Waals surface area contributed by atoms with Gasteiger partial charge in [-0.05, 0) is 50.1 Å². The fraction of sp³-hybridized carbons (Fsp3) is 0.545. The number of hydrogen-bond donors (Lipinski definition) is 1. The molecule has 166 valence electrons. The van der Waals surface area contributed by atoms with E-state index in [0.717, 1.165) is 22.6 Å². The third-order valence-corrected chi connectivity index (χ3v) is 6.42. The van der Waals surface area contributed by atoms with Crippen molar-refractivity contribution in [3.05, 3.63) is 44.8 Å². The van der Waals surface area contributed by atoms with Gasteiger partial charge in [0.2, 0.25) is 0 Å². The van der Waals surface area contributed by atoms with E-state index in [1.807, 2.05) is 55.8 Å². The van der Waals surface area contributed by atoms with Crippen molar-refractivity contribution in [2.45, 2.75) is 71.6 Å². The maximum Gasteiger partial charge on any atom is 0.410 e. The molecule has 6 nitrogen and oxygen atoms in total. The third kappa shape index (κ3) is 7.32. The van der Waals surface area contributed by atoms with Crippen molar-refractivity contribution in [3.63, 3.8) is 0 Å². The van der Waals surface area contributed by atoms with Crippen LogP contribution in [0.2, 0.25) is 0 Å². The molecule has 0 unspecified atom stereocenters. The van der Waals surface area contributed by atoms with Gasteiger partial charge in [0.05, 0.1) is 19.1 Å². The quantitative estimate of drug-likeness (QED) is 0.460. The van der Waals surface area contributed by atoms with Gasteiger partial charge in [0.1, 0.15) is 6.61 Å². The zero-order chi connectivity index (χ0) is 22.1. The van der Waals surface area contributed by atoms with Gasteiger partial charge >= 0.3 is 12.2 Å². The van der Waals surface area contributed by atoms with E-state index in [9.17, 15) is 14.7 Å². The van der Waals surface area contributed by atoms with E-state index < -0.39 is 17.7 Å². The second-order valence-electron chi connectivity index (χ2n) is 8.21. The van der Waals surface area contributed by atoms with Crippen LogP contribution in [0.4, 0.5) is 9.59 Å². The first-order valence-corrected chi connectivity index (χ1v) is 12.0. The Morgan fingerprint density at radius 2 is 1.67 bits per heavy atom. The number of unbranched alkanes of at least 4 members (excludes halogenated alkanes) is 1. The van der Waals surface area contributed by atoms with Gasteiger partial charge in [-0.1, -0.05) is 31.9 Å². The zero-order valence-electron chi connectivity index (χ0n) is 18.2. The minimum atomic E-state index is -0.992. The highest BCUT2D eigenvalue weighted by molar-refractivity contribution is 7.10. The molecule has 0 aliphatic heterocycles. The number of carbonyl (C=O) groups excluding carboxylic acids is 1. The molecule has 2 aromatic rings. The number of thiophene rings is 2. The minimum absolute atomic E-state index is 0.0494. The first kappa shape index (κ1) is 24.2. The van der Waals surface area contributed by atoms with E-state index >= 15 is 0 Å². The van der Waals surface area contributed by atoms with E-state index in [0.29, 0.717) is 19.5 Å². The monoisotopic (exact) mass is 452 g/mol. The van der Waals surface area contributed by atoms with E-state index in [1.54, 1.807) is 27.6 Å². The lowest BCUT2D eigenvalue weighted by molar-refractivity contribution is 0.0243. The van der Waals surface area contributed by atoms with Crippen molar-refractivity contribution in [3.8, 4) is 0 Å². The number of carboxylic acid groups (broad SMARTS) is 1. The summed E-state index contributed by atoms with van der Waals surface area (Å²) in [6.45, 7) is 8.64. The van der Waals surface area contributed by atoms with Gasteiger partial charge in [0, 0.05) is 15.3 Å². The Kier molecular flexibility index (Phi) is 9.17. The van der Waals surface area contributed by atoms with Crippen molar-refractivity contribution in [2.75, 3.05) is 6.61 Å². The highest BCUT2D eigenvalue weighted by Crippen LogP contribution is 2.23. The second-order valence-corrected chi connectivity index (χ2v) is 10.3. The molecule has 2 rings (SSSR count). The lowest BCUT2D eigenvalue weighted by Gasteiger charge is -2.39. The van der Waals surface area contributed by atoms with Crippen molar-refractivity contribution in [1.82, 2.24) is 9.80 Å². The van der Waals surface area contributed by atoms with Crippen molar-refractivity contribution in [1.29, 1.82) is 0 Å². The van der Waals surface area contributed by atoms with Gasteiger partial charge in [-0.25, -0.2) is 9.59 Å². The molecule has 0 spiro atoms. The van der Waals surface area contributed by atoms with Gasteiger partial charge in [-0.3, -0.25) is 9.80 Å². The smallest absolute Gasteiger partial charge is 0.410 e. The Labute approximate surface area is 187 Å². The molecular formula is C22H32N2O4S2. The summed E-state index contributed by atoms with van der Waals surface area (Å²) in [5.41, 5.74) is -0.579. The molecule has 0 saturated carbocycles. The van der Waals surface area contributed by atoms with E-state index in [4.69, 9.17) is 4.74 Å². The molecule has 30 heavy (non-hydrogen) atoms. The van der Waals surface area contributed by atoms with Gasteiger partial charge in [-0.2, -0.15) is 0 Å². The summed E-state index contributed by atoms with van der Waals surface area (Å²) in [6, 6.07) is 7.54. The Morgan fingerprint density at radius 1 is 1.10 bits per heavy atom. The Morgan fingerprint density at radius 3 is 2.07 bits per heavy atom. The van der Waals surface area contributed by atoms with Gasteiger partial charge in [-0.15, -0.1) is 22.7 Å². The molecule has 0 bridgehead atoms. The fourth-order valence-corrected chi connectivity index (χ4v) is 4.78. The van der Waals surface area contributed by atoms with Crippen LogP contribution in [0.15, 0.2) is 35.0 Å². The Balaban J connectivity index is 2.11. The second kappa shape index (κ2) is 11.4. The van der Waals surface area contributed by atoms with E-state index in [1.165, 1.54) is 4.90 Å². The average Bonchev–Trinajstić information content (AvgIpc) is 3.35. The number of ether oxygens (including phenoxy) is 1. The number of rotatable bonds is 10. The summed E-state index contributed by atoms with van der Waals surface area (Å²) < 4.78 is 5.68. The maximum absolute atomic E-state index is 13.0. The van der Waals surface area contributed by atoms with Crippen molar-refractivity contribution in [2.24, 2.45) is 0 Å². The standard InChI is InChI=1S/C22H32N2O4S2/c1-5-6-9-17(24(20(25)26)22(2,3)4)16-28-21(27)23(14-18-10-7-12-29-18)15-19-11-8-13-30-19/h7-8,10-13,17H,5-6,9,14-16H2,1-4H3,(H,25,26)/t17-/m1/s1. The first-order chi connectivity index (χ1) is 14.2. The number of nitrogens with zero attached hydrogens (tertiary/aromatic N) is 2. The molecule has 8 heteroatoms. The topological polar surface area (TPSA) is 70.1 Å². The summed E-state index contributed by atoms with van der Waals surface area (Å²) in [4.78, 5) is 30.1. The maximum atomic E-state index is 13.0. The number of carbonyl (C=O) groups is 2. The molecule has 0 radical (unpaired) electrons. The van der Waals surface area contributed by atoms with Crippen LogP contribution >= 0.6 is 22.7 Å². The van der Waals surface area contributed by atoms with Crippen molar-refractivity contribution < 1.29 is 19.4 Å². The highest BCUT2D eigenvalue weighted by Gasteiger charge is 2.34. The molecule has 0 aliphatic carbocycles. The van der Waals surface area contributed by atoms with Crippen molar-refractivity contribution >= 4 is 34.9 Å². The molecule has 0 aliphatic rings. The molecule has 0 aromatic carbocycles. The third-order valence-electron chi connectivity index (χ3n) is 4.70. The molecule has 2 aromatic heterocycles.